The molecule has 1 aliphatic rings. The minimum absolute atomic E-state index is 0.510. The van der Waals surface area contributed by atoms with Crippen LogP contribution in [0, 0.1) is 5.92 Å². The minimum Gasteiger partial charge on any atom is -0.389 e. The summed E-state index contributed by atoms with van der Waals surface area (Å²) in [7, 11) is 0. The molecule has 1 fully saturated rings. The molecule has 1 saturated carbocycles. The summed E-state index contributed by atoms with van der Waals surface area (Å²) in [6.07, 6.45) is 6.24. The van der Waals surface area contributed by atoms with Crippen LogP contribution in [0.25, 0.3) is 0 Å². The second kappa shape index (κ2) is 5.17. The molecule has 1 N–H and O–H groups in total. The van der Waals surface area contributed by atoms with E-state index < -0.39 is 5.60 Å². The van der Waals surface area contributed by atoms with Gasteiger partial charge in [-0.25, -0.2) is 0 Å². The zero-order valence-corrected chi connectivity index (χ0v) is 10.8. The fraction of sp³-hybridized carbons (Fsp3) is 0.846. The van der Waals surface area contributed by atoms with Crippen LogP contribution in [0.15, 0.2) is 4.52 Å². The van der Waals surface area contributed by atoms with Crippen molar-refractivity contribution in [2.45, 2.75) is 64.4 Å². The lowest BCUT2D eigenvalue weighted by molar-refractivity contribution is -0.0125. The molecule has 1 heterocycles. The molecular weight excluding hydrogens is 216 g/mol. The fourth-order valence-electron chi connectivity index (χ4n) is 2.44. The van der Waals surface area contributed by atoms with Gasteiger partial charge in [-0.05, 0) is 38.0 Å². The van der Waals surface area contributed by atoms with Gasteiger partial charge in [-0.3, -0.25) is 0 Å². The Balaban J connectivity index is 1.94. The average Bonchev–Trinajstić information content (AvgIpc) is 2.71. The summed E-state index contributed by atoms with van der Waals surface area (Å²) in [5.74, 6) is 2.08. The molecule has 0 saturated heterocycles. The Bertz CT molecular complexity index is 354. The Morgan fingerprint density at radius 2 is 2.12 bits per heavy atom. The zero-order chi connectivity index (χ0) is 12.3. The molecule has 1 aromatic rings. The van der Waals surface area contributed by atoms with Crippen LogP contribution in [-0.4, -0.2) is 20.8 Å². The third kappa shape index (κ3) is 3.28. The van der Waals surface area contributed by atoms with Crippen molar-refractivity contribution in [1.29, 1.82) is 0 Å². The van der Waals surface area contributed by atoms with E-state index in [0.717, 1.165) is 50.3 Å². The molecule has 0 aliphatic heterocycles. The van der Waals surface area contributed by atoms with E-state index in [1.54, 1.807) is 0 Å². The molecule has 17 heavy (non-hydrogen) atoms. The third-order valence-corrected chi connectivity index (χ3v) is 3.67. The molecule has 96 valence electrons. The number of aromatic nitrogens is 2. The van der Waals surface area contributed by atoms with Gasteiger partial charge in [0, 0.05) is 6.42 Å². The van der Waals surface area contributed by atoms with Crippen molar-refractivity contribution >= 4 is 0 Å². The number of rotatable bonds is 4. The van der Waals surface area contributed by atoms with Gasteiger partial charge in [0.15, 0.2) is 5.82 Å². The number of aryl methyl sites for hydroxylation is 1. The summed E-state index contributed by atoms with van der Waals surface area (Å²) in [5.41, 5.74) is -0.622. The van der Waals surface area contributed by atoms with Gasteiger partial charge in [0.05, 0.1) is 12.0 Å². The van der Waals surface area contributed by atoms with Crippen LogP contribution in [0.1, 0.15) is 57.7 Å². The summed E-state index contributed by atoms with van der Waals surface area (Å²) in [6, 6.07) is 0. The Morgan fingerprint density at radius 1 is 1.41 bits per heavy atom. The van der Waals surface area contributed by atoms with Gasteiger partial charge in [0.25, 0.3) is 0 Å². The van der Waals surface area contributed by atoms with Gasteiger partial charge in [-0.15, -0.1) is 0 Å². The molecule has 2 rings (SSSR count). The lowest BCUT2D eigenvalue weighted by atomic mass is 9.78. The summed E-state index contributed by atoms with van der Waals surface area (Å²) >= 11 is 0. The Kier molecular flexibility index (Phi) is 3.82. The lowest BCUT2D eigenvalue weighted by Crippen LogP contribution is -2.35. The Hall–Kier alpha value is -0.900. The Labute approximate surface area is 102 Å². The highest BCUT2D eigenvalue weighted by Gasteiger charge is 2.33. The molecule has 0 bridgehead atoms. The summed E-state index contributed by atoms with van der Waals surface area (Å²) < 4.78 is 5.19. The topological polar surface area (TPSA) is 59.2 Å². The summed E-state index contributed by atoms with van der Waals surface area (Å²) in [5, 5.41) is 14.4. The first-order valence-electron chi connectivity index (χ1n) is 6.65. The van der Waals surface area contributed by atoms with Crippen molar-refractivity contribution in [3.63, 3.8) is 0 Å². The molecule has 0 spiro atoms. The maximum absolute atomic E-state index is 10.5. The van der Waals surface area contributed by atoms with Gasteiger partial charge in [0.2, 0.25) is 5.89 Å². The number of hydrogen-bond acceptors (Lipinski definition) is 4. The Morgan fingerprint density at radius 3 is 2.76 bits per heavy atom. The first kappa shape index (κ1) is 12.6. The van der Waals surface area contributed by atoms with Crippen LogP contribution in [-0.2, 0) is 12.8 Å². The summed E-state index contributed by atoms with van der Waals surface area (Å²) in [4.78, 5) is 4.32. The second-order valence-corrected chi connectivity index (χ2v) is 5.44. The van der Waals surface area contributed by atoms with Gasteiger partial charge in [-0.1, -0.05) is 19.0 Å². The van der Waals surface area contributed by atoms with Crippen LogP contribution >= 0.6 is 0 Å². The molecule has 1 aliphatic carbocycles. The molecule has 0 atom stereocenters. The number of aliphatic hydroxyl groups is 1. The summed E-state index contributed by atoms with van der Waals surface area (Å²) in [6.45, 7) is 4.33. The zero-order valence-electron chi connectivity index (χ0n) is 10.8. The molecule has 1 aromatic heterocycles. The van der Waals surface area contributed by atoms with Crippen LogP contribution in [0.4, 0.5) is 0 Å². The number of nitrogens with zero attached hydrogens (tertiary/aromatic N) is 2. The SMILES string of the molecule is CCCc1noc(CC2(O)CCC(C)CC2)n1. The van der Waals surface area contributed by atoms with E-state index in [0.29, 0.717) is 12.3 Å². The lowest BCUT2D eigenvalue weighted by Gasteiger charge is -2.33. The third-order valence-electron chi connectivity index (χ3n) is 3.67. The van der Waals surface area contributed by atoms with E-state index in [4.69, 9.17) is 4.52 Å². The standard InChI is InChI=1S/C13H22N2O2/c1-3-4-11-14-12(17-15-11)9-13(16)7-5-10(2)6-8-13/h10,16H,3-9H2,1-2H3. The van der Waals surface area contributed by atoms with Crippen LogP contribution in [0.2, 0.25) is 0 Å². The predicted octanol–water partition coefficient (Wildman–Crippen LogP) is 2.51. The van der Waals surface area contributed by atoms with Crippen molar-refractivity contribution in [2.24, 2.45) is 5.92 Å². The first-order chi connectivity index (χ1) is 8.11. The fourth-order valence-corrected chi connectivity index (χ4v) is 2.44. The molecule has 0 aromatic carbocycles. The molecule has 4 nitrogen and oxygen atoms in total. The monoisotopic (exact) mass is 238 g/mol. The van der Waals surface area contributed by atoms with Crippen LogP contribution in [0.3, 0.4) is 0 Å². The van der Waals surface area contributed by atoms with Gasteiger partial charge in [-0.2, -0.15) is 4.98 Å². The maximum atomic E-state index is 10.5. The van der Waals surface area contributed by atoms with Crippen molar-refractivity contribution in [3.05, 3.63) is 11.7 Å². The van der Waals surface area contributed by atoms with Gasteiger partial charge in [0.1, 0.15) is 0 Å². The quantitative estimate of drug-likeness (QED) is 0.875. The average molecular weight is 238 g/mol. The molecular formula is C13H22N2O2. The van der Waals surface area contributed by atoms with Crippen molar-refractivity contribution < 1.29 is 9.63 Å². The number of hydrogen-bond donors (Lipinski definition) is 1. The van der Waals surface area contributed by atoms with E-state index in [2.05, 4.69) is 24.0 Å². The van der Waals surface area contributed by atoms with Crippen molar-refractivity contribution in [3.8, 4) is 0 Å². The van der Waals surface area contributed by atoms with Crippen LogP contribution < -0.4 is 0 Å². The van der Waals surface area contributed by atoms with E-state index in [1.165, 1.54) is 0 Å². The van der Waals surface area contributed by atoms with Gasteiger partial charge < -0.3 is 9.63 Å². The molecule has 0 unspecified atom stereocenters. The molecule has 4 heteroatoms. The molecule has 0 radical (unpaired) electrons. The predicted molar refractivity (Wildman–Crippen MR) is 64.6 cm³/mol. The largest absolute Gasteiger partial charge is 0.389 e. The van der Waals surface area contributed by atoms with Crippen molar-refractivity contribution in [2.75, 3.05) is 0 Å². The molecule has 0 amide bonds. The van der Waals surface area contributed by atoms with Crippen LogP contribution in [0.5, 0.6) is 0 Å². The highest BCUT2D eigenvalue weighted by molar-refractivity contribution is 4.95. The highest BCUT2D eigenvalue weighted by atomic mass is 16.5. The van der Waals surface area contributed by atoms with E-state index in [1.807, 2.05) is 0 Å². The van der Waals surface area contributed by atoms with Crippen molar-refractivity contribution in [1.82, 2.24) is 10.1 Å². The maximum Gasteiger partial charge on any atom is 0.229 e. The van der Waals surface area contributed by atoms with E-state index >= 15 is 0 Å². The first-order valence-corrected chi connectivity index (χ1v) is 6.65. The van der Waals surface area contributed by atoms with Gasteiger partial charge >= 0.3 is 0 Å². The minimum atomic E-state index is -0.622. The van der Waals surface area contributed by atoms with E-state index in [-0.39, 0.29) is 0 Å². The normalized spacial score (nSPS) is 29.5. The smallest absolute Gasteiger partial charge is 0.229 e. The second-order valence-electron chi connectivity index (χ2n) is 5.44. The highest BCUT2D eigenvalue weighted by Crippen LogP contribution is 2.33. The van der Waals surface area contributed by atoms with E-state index in [9.17, 15) is 5.11 Å².